The Kier molecular flexibility index (Phi) is 17.4. The zero-order chi connectivity index (χ0) is 80.4. The highest BCUT2D eigenvalue weighted by Gasteiger charge is 2.29. The maximum atomic E-state index is 6.53. The van der Waals surface area contributed by atoms with E-state index in [9.17, 15) is 0 Å². The van der Waals surface area contributed by atoms with E-state index in [1.165, 1.54) is 161 Å². The Bertz CT molecular complexity index is 8350. The van der Waals surface area contributed by atoms with E-state index in [2.05, 4.69) is 335 Å². The molecule has 0 saturated heterocycles. The normalized spacial score (nSPS) is 12.0. The Morgan fingerprint density at radius 3 is 1.01 bits per heavy atom. The van der Waals surface area contributed by atoms with E-state index in [4.69, 9.17) is 27.6 Å². The molecule has 24 aromatic rings. The van der Waals surface area contributed by atoms with Crippen LogP contribution in [-0.2, 0) is 28.2 Å². The molecule has 0 aliphatic carbocycles. The van der Waals surface area contributed by atoms with Crippen LogP contribution in [0.5, 0.6) is 0 Å². The van der Waals surface area contributed by atoms with E-state index in [-0.39, 0.29) is 0 Å². The highest BCUT2D eigenvalue weighted by molar-refractivity contribution is 7.20. The van der Waals surface area contributed by atoms with Gasteiger partial charge in [0.25, 0.3) is 25.3 Å². The summed E-state index contributed by atoms with van der Waals surface area (Å²) in [7, 11) is 8.26. The third-order valence-corrected chi connectivity index (χ3v) is 28.4. The van der Waals surface area contributed by atoms with Gasteiger partial charge in [-0.05, 0) is 185 Å². The van der Waals surface area contributed by atoms with Crippen LogP contribution in [0.4, 0.5) is 0 Å². The monoisotopic (exact) mass is 1610 g/mol. The quantitative estimate of drug-likeness (QED) is 0.156. The Hall–Kier alpha value is -13.0. The molecule has 0 radical (unpaired) electrons. The molecule has 0 unspecified atom stereocenters. The van der Waals surface area contributed by atoms with Crippen LogP contribution in [0.1, 0.15) is 63.6 Å². The van der Waals surface area contributed by atoms with Crippen molar-refractivity contribution in [3.63, 3.8) is 0 Å². The van der Waals surface area contributed by atoms with E-state index < -0.39 is 0 Å². The lowest BCUT2D eigenvalue weighted by Crippen LogP contribution is -2.31. The van der Waals surface area contributed by atoms with Crippen LogP contribution < -0.4 is 18.3 Å². The minimum Gasteiger partial charge on any atom is -0.455 e. The van der Waals surface area contributed by atoms with Crippen LogP contribution in [0.25, 0.3) is 217 Å². The molecule has 16 heteroatoms. The Morgan fingerprint density at radius 2 is 0.610 bits per heavy atom. The summed E-state index contributed by atoms with van der Waals surface area (Å²) in [5.74, 6) is 0.453. The molecule has 12 heterocycles. The van der Waals surface area contributed by atoms with Crippen molar-refractivity contribution < 1.29 is 35.9 Å². The van der Waals surface area contributed by atoms with Gasteiger partial charge in [0.05, 0.1) is 28.2 Å². The van der Waals surface area contributed by atoms with Crippen LogP contribution in [0.15, 0.2) is 259 Å². The average molecular weight is 1610 g/mol. The summed E-state index contributed by atoms with van der Waals surface area (Å²) < 4.78 is 39.4. The van der Waals surface area contributed by atoms with Gasteiger partial charge < -0.3 is 17.7 Å². The smallest absolute Gasteiger partial charge is 0.287 e. The summed E-state index contributed by atoms with van der Waals surface area (Å²) in [6.07, 6.45) is 7.66. The summed E-state index contributed by atoms with van der Waals surface area (Å²) in [6.45, 7) is 19.6. The molecule has 24 rings (SSSR count). The van der Waals surface area contributed by atoms with Crippen LogP contribution in [0, 0.1) is 48.5 Å². The molecule has 12 aromatic heterocycles. The molecule has 0 amide bonds. The standard InChI is InChI=1S/C27H23N2OS.C26H21N2OS.C25H19N2OS.C24H17N2OS/c1-15(2)22-13-31-27-23(22)28-14-29(4)24(27)18-11-12-20-21-10-9-17-7-5-6-8-19(17)26(21)30-25(20)16(18)3;1-14-16(3)30-26-22(14)27-13-28(4)23(26)18-11-12-20-21-10-9-17-7-5-6-8-19(17)25(21)29-24(20)15(18)2;1-14-12-29-25-21(14)26-13-27(3)22(25)17-10-11-19-20-9-8-16-6-4-5-7-18(16)24(20)28-23(19)15(17)2;1-14-16(21-24-20(11-12-28-24)25-13-26(21)2)9-10-18-19-8-7-15-5-3-4-6-17(15)23(19)27-22(14)18/h5-15H,1-4H3;5-13H,1-4H3;4-13H,1-3H3;3-13H,1-2H3/q4*+1. The van der Waals surface area contributed by atoms with Crippen molar-refractivity contribution >= 4 is 217 Å². The molecule has 0 aliphatic rings. The number of nitrogens with zero attached hydrogens (tertiary/aromatic N) is 8. The lowest BCUT2D eigenvalue weighted by Gasteiger charge is -2.08. The molecule has 572 valence electrons. The van der Waals surface area contributed by atoms with Gasteiger partial charge in [-0.1, -0.05) is 135 Å². The summed E-state index contributed by atoms with van der Waals surface area (Å²) in [5, 5.41) is 25.4. The molecule has 0 aliphatic heterocycles. The molecule has 0 bridgehead atoms. The molecule has 0 N–H and O–H groups in total. The summed E-state index contributed by atoms with van der Waals surface area (Å²) in [4.78, 5) is 20.0. The molecule has 12 aromatic carbocycles. The van der Waals surface area contributed by atoms with Gasteiger partial charge in [0.2, 0.25) is 11.0 Å². The lowest BCUT2D eigenvalue weighted by molar-refractivity contribution is -0.662. The molecular weight excluding hydrogens is 1530 g/mol. The predicted octanol–water partition coefficient (Wildman–Crippen LogP) is 26.6. The predicted molar refractivity (Wildman–Crippen MR) is 491 cm³/mol. The third-order valence-electron chi connectivity index (χ3n) is 24.2. The van der Waals surface area contributed by atoms with Crippen molar-refractivity contribution in [1.29, 1.82) is 0 Å². The zero-order valence-corrected chi connectivity index (χ0v) is 70.8. The SMILES string of the molecule is Cc1c(-c2c3scc(C(C)C)c3nc[n+]2C)ccc2c1oc1c3ccccc3ccc21.Cc1c(-c2c3sccc3nc[n+]2C)ccc2c1oc1c3ccccc3ccc21.Cc1csc2c(-c3ccc4c(oc5c6ccccc6ccc45)c3C)[n+](C)cnc12.Cc1sc2c(-c3ccc4c(oc5c6ccccc6ccc45)c3C)[n+](C)cnc2c1C. The molecule has 12 nitrogen and oxygen atoms in total. The largest absolute Gasteiger partial charge is 0.455 e. The molecule has 0 saturated carbocycles. The van der Waals surface area contributed by atoms with E-state index in [0.29, 0.717) is 5.92 Å². The van der Waals surface area contributed by atoms with Gasteiger partial charge in [0, 0.05) is 137 Å². The highest BCUT2D eigenvalue weighted by atomic mass is 32.1. The molecular formula is C102H80N8O4S4+4. The fraction of sp³-hybridized carbons (Fsp3) is 0.137. The summed E-state index contributed by atoms with van der Waals surface area (Å²) in [6, 6.07) is 70.9. The van der Waals surface area contributed by atoms with E-state index in [1.54, 1.807) is 34.0 Å². The van der Waals surface area contributed by atoms with Gasteiger partial charge in [0.15, 0.2) is 33.8 Å². The second kappa shape index (κ2) is 28.2. The maximum Gasteiger partial charge on any atom is 0.287 e. The van der Waals surface area contributed by atoms with E-state index >= 15 is 0 Å². The zero-order valence-electron chi connectivity index (χ0n) is 67.5. The summed E-state index contributed by atoms with van der Waals surface area (Å²) >= 11 is 7.09. The van der Waals surface area contributed by atoms with Gasteiger partial charge in [0.1, 0.15) is 63.5 Å². The maximum absolute atomic E-state index is 6.53. The Morgan fingerprint density at radius 1 is 0.288 bits per heavy atom. The first-order valence-corrected chi connectivity index (χ1v) is 43.2. The van der Waals surface area contributed by atoms with Gasteiger partial charge in [-0.2, -0.15) is 0 Å². The number of furan rings is 4. The minimum absolute atomic E-state index is 0.453. The lowest BCUT2D eigenvalue weighted by atomic mass is 9.99. The number of fused-ring (bicyclic) bond motifs is 24. The van der Waals surface area contributed by atoms with Crippen LogP contribution in [0.3, 0.4) is 0 Å². The molecule has 118 heavy (non-hydrogen) atoms. The topological polar surface area (TPSA) is 120 Å². The fourth-order valence-electron chi connectivity index (χ4n) is 17.9. The Labute approximate surface area is 694 Å². The average Bonchev–Trinajstić information content (AvgIpc) is 1.63. The van der Waals surface area contributed by atoms with Crippen LogP contribution in [0.2, 0.25) is 0 Å². The second-order valence-electron chi connectivity index (χ2n) is 31.6. The third kappa shape index (κ3) is 11.4. The highest BCUT2D eigenvalue weighted by Crippen LogP contribution is 2.47. The number of aryl methyl sites for hydroxylation is 11. The number of aromatic nitrogens is 8. The Balaban J connectivity index is 0.0000000979. The van der Waals surface area contributed by atoms with Gasteiger partial charge in [-0.15, -0.1) is 45.3 Å². The van der Waals surface area contributed by atoms with Crippen LogP contribution >= 0.6 is 45.3 Å². The van der Waals surface area contributed by atoms with Gasteiger partial charge >= 0.3 is 0 Å². The molecule has 0 atom stereocenters. The fourth-order valence-corrected chi connectivity index (χ4v) is 22.4. The van der Waals surface area contributed by atoms with Gasteiger partial charge in [-0.25, -0.2) is 18.3 Å². The first-order chi connectivity index (χ1) is 57.4. The number of thiophene rings is 4. The van der Waals surface area contributed by atoms with Gasteiger partial charge in [-0.3, -0.25) is 0 Å². The van der Waals surface area contributed by atoms with E-state index in [0.717, 1.165) is 99.4 Å². The van der Waals surface area contributed by atoms with Crippen molar-refractivity contribution in [3.05, 3.63) is 285 Å². The first kappa shape index (κ1) is 72.7. The number of benzene rings is 12. The minimum atomic E-state index is 0.453. The van der Waals surface area contributed by atoms with Crippen molar-refractivity contribution in [2.75, 3.05) is 0 Å². The van der Waals surface area contributed by atoms with Crippen LogP contribution in [-0.4, -0.2) is 19.9 Å². The first-order valence-electron chi connectivity index (χ1n) is 39.7. The molecule has 0 spiro atoms. The summed E-state index contributed by atoms with van der Waals surface area (Å²) in [5.41, 5.74) is 30.1. The van der Waals surface area contributed by atoms with E-state index in [1.807, 2.05) is 36.6 Å². The number of hydrogen-bond acceptors (Lipinski definition) is 12. The number of hydrogen-bond donors (Lipinski definition) is 0. The number of rotatable bonds is 5. The van der Waals surface area contributed by atoms with Crippen molar-refractivity contribution in [2.45, 2.75) is 68.2 Å². The molecule has 0 fully saturated rings. The van der Waals surface area contributed by atoms with Crippen molar-refractivity contribution in [2.24, 2.45) is 28.2 Å². The van der Waals surface area contributed by atoms with Crippen molar-refractivity contribution in [1.82, 2.24) is 19.9 Å². The van der Waals surface area contributed by atoms with Crippen molar-refractivity contribution in [3.8, 4) is 45.0 Å². The second-order valence-corrected chi connectivity index (χ2v) is 35.5.